The van der Waals surface area contributed by atoms with Crippen LogP contribution in [0.5, 0.6) is 0 Å². The van der Waals surface area contributed by atoms with Crippen LogP contribution in [0.3, 0.4) is 0 Å². The third-order valence-electron chi connectivity index (χ3n) is 18.7. The van der Waals surface area contributed by atoms with Crippen molar-refractivity contribution in [3.05, 3.63) is 295 Å². The van der Waals surface area contributed by atoms with Crippen LogP contribution in [-0.4, -0.2) is 18.3 Å². The fourth-order valence-electron chi connectivity index (χ4n) is 12.2. The zero-order valence-corrected chi connectivity index (χ0v) is 60.2. The number of nitrogens with zero attached hydrogens (tertiary/aromatic N) is 3. The lowest BCUT2D eigenvalue weighted by Crippen LogP contribution is -2.41. The van der Waals surface area contributed by atoms with Gasteiger partial charge in [-0.3, -0.25) is 0 Å². The Labute approximate surface area is 601 Å². The molecular weight excluding hydrogens is 1370 g/mol. The normalized spacial score (nSPS) is 12.7. The maximum absolute atomic E-state index is 15.1. The topological polar surface area (TPSA) is 70.4 Å². The van der Waals surface area contributed by atoms with Crippen LogP contribution in [-0.2, 0) is 35.0 Å². The molecule has 0 N–H and O–H groups in total. The predicted octanol–water partition coefficient (Wildman–Crippen LogP) is 25.1. The lowest BCUT2D eigenvalue weighted by atomic mass is 9.78. The number of halogens is 6. The predicted molar refractivity (Wildman–Crippen MR) is 405 cm³/mol. The maximum atomic E-state index is 15.1. The highest BCUT2D eigenvalue weighted by Gasteiger charge is 2.51. The molecule has 1 aliphatic rings. The summed E-state index contributed by atoms with van der Waals surface area (Å²) < 4.78 is 70.2. The molecule has 12 heteroatoms. The Morgan fingerprint density at radius 3 is 1.02 bits per heavy atom. The lowest BCUT2D eigenvalue weighted by molar-refractivity contribution is 0.00578. The van der Waals surface area contributed by atoms with Gasteiger partial charge in [0.05, 0.1) is 50.0 Å². The summed E-state index contributed by atoms with van der Waals surface area (Å²) in [6.07, 6.45) is 19.8. The van der Waals surface area contributed by atoms with Gasteiger partial charge in [0.15, 0.2) is 5.69 Å². The Morgan fingerprint density at radius 1 is 0.364 bits per heavy atom. The molecule has 0 aliphatic carbocycles. The van der Waals surface area contributed by atoms with Gasteiger partial charge in [-0.2, -0.15) is 10.5 Å². The van der Waals surface area contributed by atoms with E-state index in [1.165, 1.54) is 38.5 Å². The van der Waals surface area contributed by atoms with Crippen molar-refractivity contribution in [3.8, 4) is 67.8 Å². The van der Waals surface area contributed by atoms with Crippen molar-refractivity contribution >= 4 is 50.1 Å². The molecule has 99 heavy (non-hydrogen) atoms. The fraction of sp³-hybridized carbons (Fsp3) is 0.276. The number of hydrogen-bond acceptors (Lipinski definition) is 4. The molecule has 0 radical (unpaired) electrons. The van der Waals surface area contributed by atoms with Crippen LogP contribution in [0.4, 0.5) is 23.2 Å². The number of benzene rings is 10. The van der Waals surface area contributed by atoms with Crippen LogP contribution >= 0.6 is 31.9 Å². The highest BCUT2D eigenvalue weighted by Crippen LogP contribution is 2.37. The van der Waals surface area contributed by atoms with Gasteiger partial charge in [-0.1, -0.05) is 216 Å². The van der Waals surface area contributed by atoms with E-state index in [2.05, 4.69) is 76.5 Å². The van der Waals surface area contributed by atoms with Crippen molar-refractivity contribution in [3.63, 3.8) is 0 Å². The Bertz CT molecular complexity index is 4190. The molecule has 1 saturated heterocycles. The largest absolute Gasteiger partial charge is 0.494 e. The van der Waals surface area contributed by atoms with Crippen molar-refractivity contribution < 1.29 is 26.9 Å². The molecule has 0 unspecified atom stereocenters. The van der Waals surface area contributed by atoms with Crippen molar-refractivity contribution in [2.24, 2.45) is 0 Å². The summed E-state index contributed by atoms with van der Waals surface area (Å²) in [7, 11) is -0.348. The first-order valence-electron chi connectivity index (χ1n) is 34.5. The number of nitriles is 2. The Morgan fingerprint density at radius 2 is 0.677 bits per heavy atom. The van der Waals surface area contributed by atoms with Crippen molar-refractivity contribution in [2.75, 3.05) is 0 Å². The molecule has 10 aromatic carbocycles. The molecule has 1 fully saturated rings. The molecule has 0 aromatic heterocycles. The van der Waals surface area contributed by atoms with Gasteiger partial charge in [0.2, 0.25) is 0 Å². The molecule has 504 valence electrons. The summed E-state index contributed by atoms with van der Waals surface area (Å²) >= 11 is 6.36. The molecule has 1 aliphatic heterocycles. The average molecular weight is 1450 g/mol. The molecule has 5 nitrogen and oxygen atoms in total. The van der Waals surface area contributed by atoms with Gasteiger partial charge in [0, 0.05) is 11.1 Å². The van der Waals surface area contributed by atoms with Crippen LogP contribution in [0.2, 0.25) is 0 Å². The van der Waals surface area contributed by atoms with E-state index in [0.717, 1.165) is 149 Å². The summed E-state index contributed by atoms with van der Waals surface area (Å²) in [6, 6.07) is 72.7. The molecule has 11 rings (SSSR count). The molecule has 0 bridgehead atoms. The smallest absolute Gasteiger partial charge is 0.399 e. The van der Waals surface area contributed by atoms with Gasteiger partial charge in [0.25, 0.3) is 0 Å². The van der Waals surface area contributed by atoms with Gasteiger partial charge in [-0.15, -0.1) is 0 Å². The molecule has 0 amide bonds. The summed E-state index contributed by atoms with van der Waals surface area (Å²) in [5, 5.41) is 18.2. The van der Waals surface area contributed by atoms with Crippen LogP contribution in [0.25, 0.3) is 60.5 Å². The fourth-order valence-corrected chi connectivity index (χ4v) is 12.7. The highest BCUT2D eigenvalue weighted by molar-refractivity contribution is 9.10. The van der Waals surface area contributed by atoms with E-state index in [1.54, 1.807) is 48.5 Å². The molecule has 0 saturated carbocycles. The number of rotatable bonds is 26. The van der Waals surface area contributed by atoms with E-state index in [1.807, 2.05) is 170 Å². The van der Waals surface area contributed by atoms with Gasteiger partial charge in [-0.05, 0) is 250 Å². The van der Waals surface area contributed by atoms with E-state index >= 15 is 8.78 Å². The van der Waals surface area contributed by atoms with E-state index in [9.17, 15) is 14.0 Å². The molecule has 0 atom stereocenters. The van der Waals surface area contributed by atoms with Crippen LogP contribution < -0.4 is 5.46 Å². The van der Waals surface area contributed by atoms with E-state index in [4.69, 9.17) is 21.1 Å². The van der Waals surface area contributed by atoms with Gasteiger partial charge in [-0.25, -0.2) is 22.4 Å². The van der Waals surface area contributed by atoms with E-state index in [0.29, 0.717) is 36.9 Å². The number of unbranched alkanes of at least 4 members (excludes halogenated alkanes) is 12. The third-order valence-corrected chi connectivity index (χ3v) is 20.0. The standard InChI is InChI=1S/C47H40F2N2.C21H24Br2F2.C19H20BNO2/c1-51-43-16-10-15-42(32-43)38-21-25-40(26-22-38)45-28-18-35(31-47(45)49)12-8-6-4-2-3-5-7-11-34-17-27-44(46(48)30-34)39-23-19-37(20-24-39)41-14-9-13-36(29-41)33-50;22-18-12-10-16(14-20(18)24)8-6-4-2-1-3-5-7-9-17-11-13-19(23)21(25)15-17;1-18(2)19(3,4)23-20(22-18)17-10-8-15(9-11-17)16-7-5-6-14(12-16)13-21/h9-10,13-32H,2-8,11-12H2;10-15H,1-9H2;5-12H,1-4H3. The minimum atomic E-state index is -0.348. The average Bonchev–Trinajstić information content (AvgIpc) is 1.74. The maximum Gasteiger partial charge on any atom is 0.494 e. The van der Waals surface area contributed by atoms with E-state index < -0.39 is 0 Å². The van der Waals surface area contributed by atoms with Gasteiger partial charge >= 0.3 is 7.12 Å². The number of aryl methyl sites for hydroxylation is 4. The van der Waals surface area contributed by atoms with Crippen LogP contribution in [0.15, 0.2) is 227 Å². The minimum Gasteiger partial charge on any atom is -0.399 e. The zero-order valence-electron chi connectivity index (χ0n) is 57.0. The van der Waals surface area contributed by atoms with Crippen LogP contribution in [0, 0.1) is 52.5 Å². The SMILES string of the molecule is CC1(C)OB(c2ccc(-c3cccc(C#N)c3)cc2)OC1(C)C.Fc1cc(CCCCCCCCCc2ccc(Br)c(F)c2)ccc1Br.[C-]#[N+]c1cccc(-c2ccc(-c3ccc(CCCCCCCCCc4ccc(-c5ccc(-c6cccc(C#N)c6)cc5)c(F)c4)cc3F)cc2)c1. The van der Waals surface area contributed by atoms with Crippen molar-refractivity contribution in [1.82, 2.24) is 0 Å². The van der Waals surface area contributed by atoms with Crippen LogP contribution in [0.1, 0.15) is 151 Å². The van der Waals surface area contributed by atoms with Crippen molar-refractivity contribution in [1.29, 1.82) is 10.5 Å². The van der Waals surface area contributed by atoms with E-state index in [-0.39, 0.29) is 41.6 Å². The second kappa shape index (κ2) is 37.0. The number of hydrogen-bond donors (Lipinski definition) is 0. The van der Waals surface area contributed by atoms with Gasteiger partial charge in [0.1, 0.15) is 23.3 Å². The first-order chi connectivity index (χ1) is 47.9. The first kappa shape index (κ1) is 74.6. The Balaban J connectivity index is 0.000000198. The Kier molecular flexibility index (Phi) is 27.8. The zero-order chi connectivity index (χ0) is 70.2. The molecule has 10 aromatic rings. The summed E-state index contributed by atoms with van der Waals surface area (Å²) in [4.78, 5) is 3.50. The molecule has 1 heterocycles. The van der Waals surface area contributed by atoms with Gasteiger partial charge < -0.3 is 9.31 Å². The summed E-state index contributed by atoms with van der Waals surface area (Å²) in [6.45, 7) is 15.4. The summed E-state index contributed by atoms with van der Waals surface area (Å²) in [5.74, 6) is -0.749. The molecule has 0 spiro atoms. The highest BCUT2D eigenvalue weighted by atomic mass is 79.9. The second-order valence-corrected chi connectivity index (χ2v) is 28.2. The summed E-state index contributed by atoms with van der Waals surface area (Å²) in [5.41, 5.74) is 15.3. The second-order valence-electron chi connectivity index (χ2n) is 26.5. The molecular formula is C87H84BBr2F4N3O2. The van der Waals surface area contributed by atoms with Crippen molar-refractivity contribution in [2.45, 2.75) is 154 Å². The Hall–Kier alpha value is -8.67. The quantitative estimate of drug-likeness (QED) is 0.0234. The monoisotopic (exact) mass is 1450 g/mol. The lowest BCUT2D eigenvalue weighted by Gasteiger charge is -2.32. The minimum absolute atomic E-state index is 0.178. The third kappa shape index (κ3) is 21.9. The first-order valence-corrected chi connectivity index (χ1v) is 36.1.